The second kappa shape index (κ2) is 5.75. The zero-order valence-electron chi connectivity index (χ0n) is 9.96. The van der Waals surface area contributed by atoms with Gasteiger partial charge in [0.25, 0.3) is 0 Å². The van der Waals surface area contributed by atoms with Gasteiger partial charge in [-0.1, -0.05) is 6.92 Å². The van der Waals surface area contributed by atoms with Crippen molar-refractivity contribution in [2.24, 2.45) is 5.41 Å². The monoisotopic (exact) mass is 239 g/mol. The van der Waals surface area contributed by atoms with E-state index in [2.05, 4.69) is 27.9 Å². The van der Waals surface area contributed by atoms with Crippen LogP contribution in [0.5, 0.6) is 0 Å². The summed E-state index contributed by atoms with van der Waals surface area (Å²) in [6.07, 6.45) is 3.91. The van der Waals surface area contributed by atoms with Crippen LogP contribution in [0, 0.1) is 5.41 Å². The fraction of sp³-hybridized carbons (Fsp3) is 0.750. The molecular weight excluding hydrogens is 218 g/mol. The van der Waals surface area contributed by atoms with E-state index < -0.39 is 0 Å². The largest absolute Gasteiger partial charge is 0.316 e. The molecule has 1 aromatic heterocycles. The van der Waals surface area contributed by atoms with Crippen LogP contribution in [0.1, 0.15) is 31.9 Å². The molecule has 90 valence electrons. The fourth-order valence-electron chi connectivity index (χ4n) is 2.39. The van der Waals surface area contributed by atoms with Crippen molar-refractivity contribution in [1.82, 2.24) is 15.6 Å². The lowest BCUT2D eigenvalue weighted by Crippen LogP contribution is -2.45. The SMILES string of the molecule is CCC1(CNCc2cscn2)CCCNC1. The quantitative estimate of drug-likeness (QED) is 0.825. The van der Waals surface area contributed by atoms with Gasteiger partial charge in [0.2, 0.25) is 0 Å². The summed E-state index contributed by atoms with van der Waals surface area (Å²) < 4.78 is 0. The van der Waals surface area contributed by atoms with Gasteiger partial charge < -0.3 is 10.6 Å². The van der Waals surface area contributed by atoms with Gasteiger partial charge in [0.05, 0.1) is 11.2 Å². The minimum Gasteiger partial charge on any atom is -0.316 e. The molecule has 1 fully saturated rings. The Morgan fingerprint density at radius 1 is 1.62 bits per heavy atom. The molecule has 1 aromatic rings. The zero-order valence-corrected chi connectivity index (χ0v) is 10.8. The lowest BCUT2D eigenvalue weighted by atomic mass is 9.78. The molecule has 1 atom stereocenters. The number of hydrogen-bond acceptors (Lipinski definition) is 4. The zero-order chi connectivity index (χ0) is 11.3. The highest BCUT2D eigenvalue weighted by molar-refractivity contribution is 7.07. The summed E-state index contributed by atoms with van der Waals surface area (Å²) in [5, 5.41) is 9.19. The van der Waals surface area contributed by atoms with E-state index in [4.69, 9.17) is 0 Å². The highest BCUT2D eigenvalue weighted by Crippen LogP contribution is 2.29. The van der Waals surface area contributed by atoms with E-state index in [9.17, 15) is 0 Å². The summed E-state index contributed by atoms with van der Waals surface area (Å²) in [5.41, 5.74) is 3.53. The summed E-state index contributed by atoms with van der Waals surface area (Å²) >= 11 is 1.67. The molecule has 1 aliphatic rings. The smallest absolute Gasteiger partial charge is 0.0795 e. The van der Waals surface area contributed by atoms with E-state index in [1.54, 1.807) is 11.3 Å². The summed E-state index contributed by atoms with van der Waals surface area (Å²) in [6.45, 7) is 6.66. The Kier molecular flexibility index (Phi) is 4.32. The molecule has 2 rings (SSSR count). The number of nitrogens with zero attached hydrogens (tertiary/aromatic N) is 1. The van der Waals surface area contributed by atoms with Gasteiger partial charge in [-0.25, -0.2) is 4.98 Å². The highest BCUT2D eigenvalue weighted by atomic mass is 32.1. The van der Waals surface area contributed by atoms with Crippen molar-refractivity contribution >= 4 is 11.3 Å². The molecule has 0 saturated carbocycles. The van der Waals surface area contributed by atoms with E-state index in [-0.39, 0.29) is 0 Å². The van der Waals surface area contributed by atoms with Crippen LogP contribution in [-0.2, 0) is 6.54 Å². The first-order valence-corrected chi connectivity index (χ1v) is 7.07. The third kappa shape index (κ3) is 3.03. The number of rotatable bonds is 5. The van der Waals surface area contributed by atoms with Crippen LogP contribution in [0.4, 0.5) is 0 Å². The predicted molar refractivity (Wildman–Crippen MR) is 68.6 cm³/mol. The van der Waals surface area contributed by atoms with E-state index in [0.717, 1.165) is 19.6 Å². The molecule has 3 nitrogen and oxygen atoms in total. The molecule has 0 radical (unpaired) electrons. The second-order valence-electron chi connectivity index (χ2n) is 4.72. The minimum absolute atomic E-state index is 0.467. The van der Waals surface area contributed by atoms with Crippen molar-refractivity contribution in [2.75, 3.05) is 19.6 Å². The highest BCUT2D eigenvalue weighted by Gasteiger charge is 2.29. The number of piperidine rings is 1. The predicted octanol–water partition coefficient (Wildman–Crippen LogP) is 2.01. The number of aromatic nitrogens is 1. The van der Waals surface area contributed by atoms with E-state index in [1.807, 2.05) is 5.51 Å². The average Bonchev–Trinajstić information content (AvgIpc) is 2.83. The molecule has 0 aliphatic carbocycles. The summed E-state index contributed by atoms with van der Waals surface area (Å²) in [4.78, 5) is 4.29. The van der Waals surface area contributed by atoms with Crippen molar-refractivity contribution in [2.45, 2.75) is 32.7 Å². The molecule has 0 bridgehead atoms. The second-order valence-corrected chi connectivity index (χ2v) is 5.44. The fourth-order valence-corrected chi connectivity index (χ4v) is 2.95. The lowest BCUT2D eigenvalue weighted by molar-refractivity contribution is 0.192. The minimum atomic E-state index is 0.467. The van der Waals surface area contributed by atoms with Crippen molar-refractivity contribution in [3.63, 3.8) is 0 Å². The Balaban J connectivity index is 1.78. The van der Waals surface area contributed by atoms with Crippen LogP contribution < -0.4 is 10.6 Å². The van der Waals surface area contributed by atoms with E-state index in [1.165, 1.54) is 31.5 Å². The Hall–Kier alpha value is -0.450. The molecule has 4 heteroatoms. The van der Waals surface area contributed by atoms with Crippen molar-refractivity contribution < 1.29 is 0 Å². The number of hydrogen-bond donors (Lipinski definition) is 2. The summed E-state index contributed by atoms with van der Waals surface area (Å²) in [5.74, 6) is 0. The normalized spacial score (nSPS) is 25.8. The molecule has 1 unspecified atom stereocenters. The first kappa shape index (κ1) is 12.0. The third-order valence-electron chi connectivity index (χ3n) is 3.60. The van der Waals surface area contributed by atoms with Gasteiger partial charge in [0, 0.05) is 25.0 Å². The summed E-state index contributed by atoms with van der Waals surface area (Å²) in [7, 11) is 0. The maximum Gasteiger partial charge on any atom is 0.0795 e. The van der Waals surface area contributed by atoms with Crippen LogP contribution in [0.15, 0.2) is 10.9 Å². The Bertz CT molecular complexity index is 291. The van der Waals surface area contributed by atoms with Crippen molar-refractivity contribution in [3.05, 3.63) is 16.6 Å². The van der Waals surface area contributed by atoms with Crippen LogP contribution in [-0.4, -0.2) is 24.6 Å². The van der Waals surface area contributed by atoms with Gasteiger partial charge in [0.1, 0.15) is 0 Å². The first-order chi connectivity index (χ1) is 7.85. The Labute approximate surface area is 102 Å². The van der Waals surface area contributed by atoms with Crippen molar-refractivity contribution in [3.8, 4) is 0 Å². The van der Waals surface area contributed by atoms with Gasteiger partial charge in [-0.3, -0.25) is 0 Å². The van der Waals surface area contributed by atoms with Crippen LogP contribution in [0.3, 0.4) is 0 Å². The van der Waals surface area contributed by atoms with Gasteiger partial charge in [-0.15, -0.1) is 11.3 Å². The van der Waals surface area contributed by atoms with E-state index >= 15 is 0 Å². The molecular formula is C12H21N3S. The topological polar surface area (TPSA) is 37.0 Å². The standard InChI is InChI=1S/C12H21N3S/c1-2-12(4-3-5-13-8-12)9-14-6-11-7-16-10-15-11/h7,10,13-14H,2-6,8-9H2,1H3. The maximum absolute atomic E-state index is 4.29. The van der Waals surface area contributed by atoms with Crippen LogP contribution >= 0.6 is 11.3 Å². The van der Waals surface area contributed by atoms with Gasteiger partial charge in [-0.05, 0) is 31.2 Å². The molecule has 16 heavy (non-hydrogen) atoms. The van der Waals surface area contributed by atoms with Gasteiger partial charge >= 0.3 is 0 Å². The number of thiazole rings is 1. The maximum atomic E-state index is 4.29. The average molecular weight is 239 g/mol. The van der Waals surface area contributed by atoms with Crippen LogP contribution in [0.25, 0.3) is 0 Å². The van der Waals surface area contributed by atoms with Gasteiger partial charge in [-0.2, -0.15) is 0 Å². The Morgan fingerprint density at radius 2 is 2.56 bits per heavy atom. The van der Waals surface area contributed by atoms with Gasteiger partial charge in [0.15, 0.2) is 0 Å². The van der Waals surface area contributed by atoms with Crippen molar-refractivity contribution in [1.29, 1.82) is 0 Å². The van der Waals surface area contributed by atoms with E-state index in [0.29, 0.717) is 5.41 Å². The molecule has 1 aliphatic heterocycles. The Morgan fingerprint density at radius 3 is 3.19 bits per heavy atom. The molecule has 0 aromatic carbocycles. The molecule has 2 N–H and O–H groups in total. The molecule has 0 amide bonds. The van der Waals surface area contributed by atoms with Crippen LogP contribution in [0.2, 0.25) is 0 Å². The molecule has 2 heterocycles. The lowest BCUT2D eigenvalue weighted by Gasteiger charge is -2.37. The molecule has 1 saturated heterocycles. The molecule has 0 spiro atoms. The third-order valence-corrected chi connectivity index (χ3v) is 4.24. The first-order valence-electron chi connectivity index (χ1n) is 6.13. The number of nitrogens with one attached hydrogen (secondary N) is 2. The summed E-state index contributed by atoms with van der Waals surface area (Å²) in [6, 6.07) is 0.